The van der Waals surface area contributed by atoms with Gasteiger partial charge in [0, 0.05) is 17.0 Å². The Balaban J connectivity index is 1.68. The Morgan fingerprint density at radius 1 is 1.02 bits per heavy atom. The van der Waals surface area contributed by atoms with Gasteiger partial charge < -0.3 is 14.6 Å². The number of hydrogen-bond acceptors (Lipinski definition) is 3. The molecule has 40 heavy (non-hydrogen) atoms. The third-order valence-electron chi connectivity index (χ3n) is 7.69. The number of halogens is 3. The van der Waals surface area contributed by atoms with E-state index in [1.807, 2.05) is 0 Å². The van der Waals surface area contributed by atoms with Gasteiger partial charge in [0.2, 0.25) is 0 Å². The van der Waals surface area contributed by atoms with Crippen LogP contribution in [0.4, 0.5) is 13.2 Å². The fraction of sp³-hybridized carbons (Fsp3) is 0.424. The Bertz CT molecular complexity index is 1360. The van der Waals surface area contributed by atoms with Gasteiger partial charge in [0.15, 0.2) is 11.6 Å². The number of aliphatic carboxylic acids is 1. The van der Waals surface area contributed by atoms with Crippen molar-refractivity contribution >= 4 is 5.97 Å². The molecule has 3 aromatic rings. The largest absolute Gasteiger partial charge is 0.497 e. The van der Waals surface area contributed by atoms with Crippen LogP contribution in [0.5, 0.6) is 11.5 Å². The predicted molar refractivity (Wildman–Crippen MR) is 149 cm³/mol. The van der Waals surface area contributed by atoms with Crippen molar-refractivity contribution in [2.24, 2.45) is 11.3 Å². The van der Waals surface area contributed by atoms with Crippen molar-refractivity contribution in [3.05, 3.63) is 82.7 Å². The van der Waals surface area contributed by atoms with Gasteiger partial charge >= 0.3 is 5.97 Å². The molecule has 4 rings (SSSR count). The van der Waals surface area contributed by atoms with E-state index in [2.05, 4.69) is 20.8 Å². The van der Waals surface area contributed by atoms with Crippen LogP contribution in [0.25, 0.3) is 11.1 Å². The van der Waals surface area contributed by atoms with Crippen LogP contribution >= 0.6 is 0 Å². The molecule has 1 atom stereocenters. The zero-order chi connectivity index (χ0) is 29.0. The van der Waals surface area contributed by atoms with Gasteiger partial charge in [0.25, 0.3) is 0 Å². The van der Waals surface area contributed by atoms with Gasteiger partial charge in [0.05, 0.1) is 13.5 Å². The average Bonchev–Trinajstić information content (AvgIpc) is 3.74. The minimum Gasteiger partial charge on any atom is -0.497 e. The van der Waals surface area contributed by atoms with Crippen LogP contribution in [-0.2, 0) is 17.8 Å². The minimum absolute atomic E-state index is 0.0521. The van der Waals surface area contributed by atoms with Crippen LogP contribution in [0.3, 0.4) is 0 Å². The lowest BCUT2D eigenvalue weighted by Gasteiger charge is -2.26. The standard InChI is InChI=1S/C33H37F3O4/c1-5-13-33(2,3)18-21-14-22(29(35)16-25(21)27-15-23(39-4)11-12-28(27)34)19-40-30-8-6-7-24(32(30)36)26(17-31(37)38)20-9-10-20/h6-8,11-12,14-16,20,26H,5,9-10,13,17-19H2,1-4H3,(H,37,38). The summed E-state index contributed by atoms with van der Waals surface area (Å²) in [5, 5.41) is 9.33. The van der Waals surface area contributed by atoms with Crippen LogP contribution in [0.15, 0.2) is 48.5 Å². The highest BCUT2D eigenvalue weighted by Crippen LogP contribution is 2.46. The summed E-state index contributed by atoms with van der Waals surface area (Å²) in [5.74, 6) is -2.54. The normalized spacial score (nSPS) is 14.2. The number of benzene rings is 3. The molecule has 1 aliphatic rings. The van der Waals surface area contributed by atoms with Crippen molar-refractivity contribution in [1.29, 1.82) is 0 Å². The summed E-state index contributed by atoms with van der Waals surface area (Å²) in [4.78, 5) is 11.4. The Labute approximate surface area is 234 Å². The van der Waals surface area contributed by atoms with E-state index < -0.39 is 29.3 Å². The highest BCUT2D eigenvalue weighted by molar-refractivity contribution is 5.70. The molecule has 0 saturated heterocycles. The SMILES string of the molecule is CCCC(C)(C)Cc1cc(COc2cccc(C(CC(=O)O)C3CC3)c2F)c(F)cc1-c1cc(OC)ccc1F. The van der Waals surface area contributed by atoms with Gasteiger partial charge in [-0.3, -0.25) is 4.79 Å². The van der Waals surface area contributed by atoms with Crippen molar-refractivity contribution in [3.63, 3.8) is 0 Å². The number of carboxylic acids is 1. The molecule has 0 aliphatic heterocycles. The van der Waals surface area contributed by atoms with Crippen molar-refractivity contribution in [3.8, 4) is 22.6 Å². The molecule has 1 saturated carbocycles. The predicted octanol–water partition coefficient (Wildman–Crippen LogP) is 8.70. The summed E-state index contributed by atoms with van der Waals surface area (Å²) in [6.07, 6.45) is 4.04. The maximum absolute atomic E-state index is 15.5. The summed E-state index contributed by atoms with van der Waals surface area (Å²) >= 11 is 0. The zero-order valence-electron chi connectivity index (χ0n) is 23.5. The van der Waals surface area contributed by atoms with Crippen LogP contribution < -0.4 is 9.47 Å². The van der Waals surface area contributed by atoms with E-state index in [1.54, 1.807) is 24.3 Å². The molecule has 0 aromatic heterocycles. The fourth-order valence-corrected chi connectivity index (χ4v) is 5.59. The first-order chi connectivity index (χ1) is 19.0. The van der Waals surface area contributed by atoms with E-state index in [-0.39, 0.29) is 41.2 Å². The molecule has 214 valence electrons. The lowest BCUT2D eigenvalue weighted by atomic mass is 9.79. The number of ether oxygens (including phenoxy) is 2. The van der Waals surface area contributed by atoms with E-state index >= 15 is 8.78 Å². The van der Waals surface area contributed by atoms with Crippen LogP contribution in [0, 0.1) is 28.8 Å². The van der Waals surface area contributed by atoms with Gasteiger partial charge in [-0.1, -0.05) is 39.3 Å². The van der Waals surface area contributed by atoms with Crippen molar-refractivity contribution < 1.29 is 32.5 Å². The summed E-state index contributed by atoms with van der Waals surface area (Å²) in [6, 6.07) is 12.1. The maximum atomic E-state index is 15.5. The second-order valence-electron chi connectivity index (χ2n) is 11.5. The van der Waals surface area contributed by atoms with Gasteiger partial charge in [-0.25, -0.2) is 13.2 Å². The van der Waals surface area contributed by atoms with Gasteiger partial charge in [-0.2, -0.15) is 0 Å². The maximum Gasteiger partial charge on any atom is 0.303 e. The van der Waals surface area contributed by atoms with E-state index in [0.717, 1.165) is 31.2 Å². The van der Waals surface area contributed by atoms with Crippen LogP contribution in [0.1, 0.15) is 75.5 Å². The summed E-state index contributed by atoms with van der Waals surface area (Å²) in [6.45, 7) is 6.11. The monoisotopic (exact) mass is 554 g/mol. The van der Waals surface area contributed by atoms with Crippen LogP contribution in [0.2, 0.25) is 0 Å². The molecule has 1 N–H and O–H groups in total. The number of hydrogen-bond donors (Lipinski definition) is 1. The first-order valence-corrected chi connectivity index (χ1v) is 13.8. The molecule has 1 fully saturated rings. The topological polar surface area (TPSA) is 55.8 Å². The number of carboxylic acid groups (broad SMARTS) is 1. The van der Waals surface area contributed by atoms with E-state index in [9.17, 15) is 14.3 Å². The minimum atomic E-state index is -0.976. The van der Waals surface area contributed by atoms with Crippen LogP contribution in [-0.4, -0.2) is 18.2 Å². The third kappa shape index (κ3) is 6.98. The Hall–Kier alpha value is -3.48. The van der Waals surface area contributed by atoms with E-state index in [1.165, 1.54) is 31.4 Å². The molecular formula is C33H37F3O4. The van der Waals surface area contributed by atoms with Gasteiger partial charge in [0.1, 0.15) is 24.0 Å². The van der Waals surface area contributed by atoms with Gasteiger partial charge in [-0.15, -0.1) is 0 Å². The molecule has 1 aliphatic carbocycles. The smallest absolute Gasteiger partial charge is 0.303 e. The quantitative estimate of drug-likeness (QED) is 0.230. The Morgan fingerprint density at radius 3 is 2.42 bits per heavy atom. The second-order valence-corrected chi connectivity index (χ2v) is 11.5. The highest BCUT2D eigenvalue weighted by atomic mass is 19.1. The molecule has 0 bridgehead atoms. The Kier molecular flexibility index (Phi) is 9.12. The molecule has 4 nitrogen and oxygen atoms in total. The molecule has 0 radical (unpaired) electrons. The highest BCUT2D eigenvalue weighted by Gasteiger charge is 2.36. The fourth-order valence-electron chi connectivity index (χ4n) is 5.59. The molecule has 1 unspecified atom stereocenters. The molecular weight excluding hydrogens is 517 g/mol. The molecule has 3 aromatic carbocycles. The zero-order valence-corrected chi connectivity index (χ0v) is 23.5. The van der Waals surface area contributed by atoms with E-state index in [4.69, 9.17) is 9.47 Å². The van der Waals surface area contributed by atoms with Crippen molar-refractivity contribution in [1.82, 2.24) is 0 Å². The molecule has 0 heterocycles. The first kappa shape index (κ1) is 29.5. The summed E-state index contributed by atoms with van der Waals surface area (Å²) < 4.78 is 57.0. The average molecular weight is 555 g/mol. The summed E-state index contributed by atoms with van der Waals surface area (Å²) in [7, 11) is 1.49. The number of rotatable bonds is 13. The third-order valence-corrected chi connectivity index (χ3v) is 7.69. The number of carbonyl (C=O) groups is 1. The second kappa shape index (κ2) is 12.4. The molecule has 7 heteroatoms. The van der Waals surface area contributed by atoms with Crippen molar-refractivity contribution in [2.75, 3.05) is 7.11 Å². The molecule has 0 spiro atoms. The Morgan fingerprint density at radius 2 is 1.77 bits per heavy atom. The van der Waals surface area contributed by atoms with Crippen molar-refractivity contribution in [2.45, 2.75) is 71.8 Å². The lowest BCUT2D eigenvalue weighted by molar-refractivity contribution is -0.137. The summed E-state index contributed by atoms with van der Waals surface area (Å²) in [5.41, 5.74) is 1.86. The van der Waals surface area contributed by atoms with Gasteiger partial charge in [-0.05, 0) is 90.1 Å². The number of methoxy groups -OCH3 is 1. The first-order valence-electron chi connectivity index (χ1n) is 13.8. The van der Waals surface area contributed by atoms with E-state index in [0.29, 0.717) is 23.3 Å². The molecule has 0 amide bonds. The lowest BCUT2D eigenvalue weighted by Crippen LogP contribution is -2.16.